The summed E-state index contributed by atoms with van der Waals surface area (Å²) in [4.78, 5) is 5.98. The second-order valence-electron chi connectivity index (χ2n) is 9.44. The van der Waals surface area contributed by atoms with Crippen molar-refractivity contribution in [1.29, 1.82) is 5.41 Å². The summed E-state index contributed by atoms with van der Waals surface area (Å²) >= 11 is 1.49. The topological polar surface area (TPSA) is 36.2 Å². The molecule has 178 valence electrons. The average molecular weight is 463 g/mol. The zero-order valence-electron chi connectivity index (χ0n) is 21.7. The molecule has 0 heterocycles. The van der Waals surface area contributed by atoms with Crippen LogP contribution in [-0.4, -0.2) is 17.3 Å². The molecule has 1 aromatic carbocycles. The monoisotopic (exact) mass is 462 g/mol. The van der Waals surface area contributed by atoms with E-state index in [9.17, 15) is 0 Å². The second kappa shape index (κ2) is 14.0. The van der Waals surface area contributed by atoms with Gasteiger partial charge in [-0.3, -0.25) is 10.4 Å². The van der Waals surface area contributed by atoms with E-state index in [1.807, 2.05) is 26.0 Å². The van der Waals surface area contributed by atoms with Gasteiger partial charge in [-0.25, -0.2) is 0 Å². The molecule has 0 saturated carbocycles. The SMILES string of the molecule is C=C/C=C(\CCCC(C)(C)C)c1ccc(C(=NCC=C)C(=C\C)/C(C)=C(/C)SC(C)=N)cc1. The van der Waals surface area contributed by atoms with Crippen molar-refractivity contribution in [2.45, 2.75) is 67.7 Å². The first-order valence-corrected chi connectivity index (χ1v) is 12.5. The molecule has 0 amide bonds. The summed E-state index contributed by atoms with van der Waals surface area (Å²) in [5, 5.41) is 8.42. The van der Waals surface area contributed by atoms with Crippen LogP contribution >= 0.6 is 11.8 Å². The third-order valence-electron chi connectivity index (χ3n) is 5.38. The Bertz CT molecular complexity index is 948. The fourth-order valence-electron chi connectivity index (χ4n) is 3.63. The van der Waals surface area contributed by atoms with Gasteiger partial charge in [-0.05, 0) is 79.6 Å². The summed E-state index contributed by atoms with van der Waals surface area (Å²) in [6, 6.07) is 8.72. The number of hydrogen-bond acceptors (Lipinski definition) is 3. The molecule has 0 fully saturated rings. The molecule has 0 aliphatic carbocycles. The number of benzene rings is 1. The van der Waals surface area contributed by atoms with E-state index in [1.54, 1.807) is 0 Å². The van der Waals surface area contributed by atoms with Gasteiger partial charge in [0.15, 0.2) is 0 Å². The van der Waals surface area contributed by atoms with Crippen LogP contribution in [0, 0.1) is 10.8 Å². The van der Waals surface area contributed by atoms with Crippen LogP contribution in [0.25, 0.3) is 5.57 Å². The molecule has 0 unspecified atom stereocenters. The molecule has 0 aromatic heterocycles. The number of aliphatic imine (C=N–C) groups is 1. The van der Waals surface area contributed by atoms with E-state index >= 15 is 0 Å². The largest absolute Gasteiger partial charge is 0.298 e. The van der Waals surface area contributed by atoms with Crippen LogP contribution in [0.4, 0.5) is 0 Å². The molecule has 1 N–H and O–H groups in total. The number of thioether (sulfide) groups is 1. The predicted molar refractivity (Wildman–Crippen MR) is 153 cm³/mol. The normalized spacial score (nSPS) is 14.1. The third-order valence-corrected chi connectivity index (χ3v) is 6.30. The minimum Gasteiger partial charge on any atom is -0.298 e. The van der Waals surface area contributed by atoms with Gasteiger partial charge in [0.2, 0.25) is 0 Å². The Morgan fingerprint density at radius 3 is 2.15 bits per heavy atom. The number of allylic oxidation sites excluding steroid dienone is 7. The van der Waals surface area contributed by atoms with Gasteiger partial charge in [0.05, 0.1) is 17.3 Å². The summed E-state index contributed by atoms with van der Waals surface area (Å²) in [5.74, 6) is 0. The zero-order chi connectivity index (χ0) is 25.0. The van der Waals surface area contributed by atoms with E-state index in [4.69, 9.17) is 10.4 Å². The van der Waals surface area contributed by atoms with Crippen molar-refractivity contribution in [1.82, 2.24) is 0 Å². The average Bonchev–Trinajstić information content (AvgIpc) is 2.74. The Morgan fingerprint density at radius 2 is 1.67 bits per heavy atom. The van der Waals surface area contributed by atoms with Crippen molar-refractivity contribution >= 4 is 28.1 Å². The van der Waals surface area contributed by atoms with E-state index in [1.165, 1.54) is 29.3 Å². The molecule has 0 spiro atoms. The van der Waals surface area contributed by atoms with Crippen molar-refractivity contribution in [2.24, 2.45) is 10.4 Å². The van der Waals surface area contributed by atoms with Crippen molar-refractivity contribution in [3.63, 3.8) is 0 Å². The molecule has 1 rings (SSSR count). The zero-order valence-corrected chi connectivity index (χ0v) is 22.5. The van der Waals surface area contributed by atoms with Crippen molar-refractivity contribution in [2.75, 3.05) is 6.54 Å². The lowest BCUT2D eigenvalue weighted by Crippen LogP contribution is -2.09. The minimum absolute atomic E-state index is 0.348. The quantitative estimate of drug-likeness (QED) is 0.151. The van der Waals surface area contributed by atoms with Crippen LogP contribution in [-0.2, 0) is 0 Å². The first-order chi connectivity index (χ1) is 15.5. The molecule has 0 aliphatic rings. The van der Waals surface area contributed by atoms with Crippen LogP contribution < -0.4 is 0 Å². The summed E-state index contributed by atoms with van der Waals surface area (Å²) in [5.41, 5.74) is 7.20. The van der Waals surface area contributed by atoms with E-state index in [-0.39, 0.29) is 0 Å². The van der Waals surface area contributed by atoms with E-state index in [0.29, 0.717) is 17.0 Å². The molecule has 0 radical (unpaired) electrons. The molecule has 0 atom stereocenters. The maximum atomic E-state index is 7.83. The molecule has 0 saturated heterocycles. The van der Waals surface area contributed by atoms with E-state index in [0.717, 1.165) is 40.2 Å². The summed E-state index contributed by atoms with van der Waals surface area (Å²) in [6.07, 6.45) is 11.4. The highest BCUT2D eigenvalue weighted by molar-refractivity contribution is 8.17. The van der Waals surface area contributed by atoms with Gasteiger partial charge in [-0.15, -0.1) is 6.58 Å². The van der Waals surface area contributed by atoms with Gasteiger partial charge in [0.1, 0.15) is 0 Å². The van der Waals surface area contributed by atoms with Crippen LogP contribution in [0.2, 0.25) is 0 Å². The highest BCUT2D eigenvalue weighted by atomic mass is 32.2. The Kier molecular flexibility index (Phi) is 12.2. The summed E-state index contributed by atoms with van der Waals surface area (Å²) < 4.78 is 0. The lowest BCUT2D eigenvalue weighted by atomic mass is 9.87. The summed E-state index contributed by atoms with van der Waals surface area (Å²) in [7, 11) is 0. The molecule has 33 heavy (non-hydrogen) atoms. The first kappa shape index (κ1) is 28.6. The van der Waals surface area contributed by atoms with Crippen LogP contribution in [0.15, 0.2) is 82.8 Å². The van der Waals surface area contributed by atoms with Gasteiger partial charge in [0.25, 0.3) is 0 Å². The molecule has 0 bridgehead atoms. The number of nitrogens with one attached hydrogen (secondary N) is 1. The summed E-state index contributed by atoms with van der Waals surface area (Å²) in [6.45, 7) is 23.3. The lowest BCUT2D eigenvalue weighted by Gasteiger charge is -2.18. The first-order valence-electron chi connectivity index (χ1n) is 11.7. The van der Waals surface area contributed by atoms with Crippen molar-refractivity contribution in [3.8, 4) is 0 Å². The molecule has 2 nitrogen and oxygen atoms in total. The smallest absolute Gasteiger partial charge is 0.0722 e. The fraction of sp³-hybridized carbons (Fsp3) is 0.400. The van der Waals surface area contributed by atoms with Gasteiger partial charge < -0.3 is 0 Å². The highest BCUT2D eigenvalue weighted by Gasteiger charge is 2.15. The van der Waals surface area contributed by atoms with Gasteiger partial charge >= 0.3 is 0 Å². The van der Waals surface area contributed by atoms with Gasteiger partial charge in [-0.2, -0.15) is 0 Å². The van der Waals surface area contributed by atoms with E-state index < -0.39 is 0 Å². The second-order valence-corrected chi connectivity index (χ2v) is 10.9. The maximum Gasteiger partial charge on any atom is 0.0722 e. The molecular formula is C30H42N2S. The number of hydrogen-bond donors (Lipinski definition) is 1. The van der Waals surface area contributed by atoms with Crippen LogP contribution in [0.1, 0.15) is 78.9 Å². The Hall–Kier alpha value is -2.39. The minimum atomic E-state index is 0.348. The number of nitrogens with zero attached hydrogens (tertiary/aromatic N) is 1. The number of rotatable bonds is 11. The van der Waals surface area contributed by atoms with Crippen molar-refractivity contribution < 1.29 is 0 Å². The van der Waals surface area contributed by atoms with Gasteiger partial charge in [0, 0.05) is 5.56 Å². The molecule has 1 aromatic rings. The van der Waals surface area contributed by atoms with Crippen molar-refractivity contribution in [3.05, 3.63) is 88.9 Å². The Balaban J connectivity index is 3.31. The standard InChI is InChI=1S/C30H42N2S/c1-10-14-25(15-13-20-30(7,8)9)26-16-18-27(19-17-26)29(32-21-11-2)28(12-3)22(4)23(5)33-24(6)31/h10-12,14,16-19,31H,1-2,13,15,20-21H2,3-9H3/b23-22-,25-14+,28-12-,31-24?,32-29?. The van der Waals surface area contributed by atoms with Gasteiger partial charge in [-0.1, -0.05) is 87.7 Å². The van der Waals surface area contributed by atoms with E-state index in [2.05, 4.69) is 84.2 Å². The fourth-order valence-corrected chi connectivity index (χ4v) is 4.35. The van der Waals surface area contributed by atoms with Crippen LogP contribution in [0.5, 0.6) is 0 Å². The molecular weight excluding hydrogens is 420 g/mol. The Morgan fingerprint density at radius 1 is 1.06 bits per heavy atom. The predicted octanol–water partition coefficient (Wildman–Crippen LogP) is 9.42. The lowest BCUT2D eigenvalue weighted by molar-refractivity contribution is 0.368. The highest BCUT2D eigenvalue weighted by Crippen LogP contribution is 2.29. The maximum absolute atomic E-state index is 7.83. The molecule has 0 aliphatic heterocycles. The van der Waals surface area contributed by atoms with Crippen LogP contribution in [0.3, 0.4) is 0 Å². The Labute approximate surface area is 206 Å². The molecule has 3 heteroatoms. The third kappa shape index (κ3) is 9.96.